The van der Waals surface area contributed by atoms with Gasteiger partial charge in [-0.05, 0) is 42.5 Å². The number of furan rings is 1. The molecule has 0 aliphatic carbocycles. The summed E-state index contributed by atoms with van der Waals surface area (Å²) in [5, 5.41) is 4.38. The van der Waals surface area contributed by atoms with E-state index < -0.39 is 0 Å². The predicted molar refractivity (Wildman–Crippen MR) is 140 cm³/mol. The van der Waals surface area contributed by atoms with E-state index in [9.17, 15) is 0 Å². The lowest BCUT2D eigenvalue weighted by molar-refractivity contribution is 0.303. The van der Waals surface area contributed by atoms with Crippen LogP contribution in [0.2, 0.25) is 5.02 Å². The Morgan fingerprint density at radius 1 is 0.944 bits per heavy atom. The lowest BCUT2D eigenvalue weighted by Crippen LogP contribution is -1.97. The van der Waals surface area contributed by atoms with Gasteiger partial charge in [0.1, 0.15) is 45.8 Å². The summed E-state index contributed by atoms with van der Waals surface area (Å²) in [6.45, 7) is 0.308. The summed E-state index contributed by atoms with van der Waals surface area (Å²) in [6.07, 6.45) is 3.69. The van der Waals surface area contributed by atoms with E-state index in [0.717, 1.165) is 33.0 Å². The zero-order valence-electron chi connectivity index (χ0n) is 19.4. The number of nitrogens with zero attached hydrogens (tertiary/aromatic N) is 3. The van der Waals surface area contributed by atoms with Gasteiger partial charge in [0.2, 0.25) is 0 Å². The van der Waals surface area contributed by atoms with E-state index in [-0.39, 0.29) is 0 Å². The van der Waals surface area contributed by atoms with Crippen molar-refractivity contribution in [2.75, 3.05) is 14.2 Å². The molecule has 4 heterocycles. The maximum Gasteiger partial charge on any atom is 0.155 e. The molecule has 0 saturated carbocycles. The van der Waals surface area contributed by atoms with Crippen LogP contribution >= 0.6 is 22.9 Å². The zero-order valence-corrected chi connectivity index (χ0v) is 21.0. The predicted octanol–water partition coefficient (Wildman–Crippen LogP) is 7.12. The van der Waals surface area contributed by atoms with Gasteiger partial charge in [0.15, 0.2) is 5.76 Å². The van der Waals surface area contributed by atoms with E-state index in [1.165, 1.54) is 0 Å². The number of fused-ring (bicyclic) bond motifs is 2. The number of ether oxygens (including phenoxy) is 3. The normalized spacial score (nSPS) is 11.3. The van der Waals surface area contributed by atoms with Gasteiger partial charge >= 0.3 is 0 Å². The second-order valence-electron chi connectivity index (χ2n) is 8.05. The molecule has 180 valence electrons. The molecule has 0 fully saturated rings. The molecule has 0 amide bonds. The molecule has 6 aromatic rings. The molecule has 0 spiro atoms. The van der Waals surface area contributed by atoms with Crippen LogP contribution in [0, 0.1) is 0 Å². The monoisotopic (exact) mass is 517 g/mol. The number of benzene rings is 2. The lowest BCUT2D eigenvalue weighted by atomic mass is 10.2. The van der Waals surface area contributed by atoms with E-state index in [4.69, 9.17) is 35.2 Å². The zero-order chi connectivity index (χ0) is 24.6. The lowest BCUT2D eigenvalue weighted by Gasteiger charge is -2.08. The molecule has 7 nitrogen and oxygen atoms in total. The Morgan fingerprint density at radius 2 is 1.78 bits per heavy atom. The number of hydrogen-bond acceptors (Lipinski definition) is 7. The molecule has 9 heteroatoms. The first kappa shape index (κ1) is 22.5. The summed E-state index contributed by atoms with van der Waals surface area (Å²) in [4.78, 5) is 9.38. The molecule has 0 aliphatic rings. The van der Waals surface area contributed by atoms with Crippen LogP contribution in [0.4, 0.5) is 0 Å². The van der Waals surface area contributed by atoms with Crippen LogP contribution in [-0.2, 0) is 6.61 Å². The smallest absolute Gasteiger partial charge is 0.155 e. The second kappa shape index (κ2) is 9.22. The van der Waals surface area contributed by atoms with E-state index in [0.29, 0.717) is 40.2 Å². The fourth-order valence-corrected chi connectivity index (χ4v) is 4.90. The Kier molecular flexibility index (Phi) is 5.75. The highest BCUT2D eigenvalue weighted by atomic mass is 35.5. The second-order valence-corrected chi connectivity index (χ2v) is 9.34. The van der Waals surface area contributed by atoms with Crippen molar-refractivity contribution in [2.24, 2.45) is 0 Å². The summed E-state index contributed by atoms with van der Waals surface area (Å²) < 4.78 is 24.9. The van der Waals surface area contributed by atoms with Crippen LogP contribution < -0.4 is 14.2 Å². The fourth-order valence-electron chi connectivity index (χ4n) is 3.92. The summed E-state index contributed by atoms with van der Waals surface area (Å²) in [5.74, 6) is 2.72. The Balaban J connectivity index is 1.28. The summed E-state index contributed by atoms with van der Waals surface area (Å²) in [7, 11) is 3.27. The van der Waals surface area contributed by atoms with E-state index in [1.54, 1.807) is 25.6 Å². The minimum atomic E-state index is 0.308. The van der Waals surface area contributed by atoms with Crippen molar-refractivity contribution in [3.8, 4) is 39.3 Å². The largest absolute Gasteiger partial charge is 0.497 e. The molecule has 0 bridgehead atoms. The first-order valence-electron chi connectivity index (χ1n) is 11.1. The molecule has 0 aliphatic heterocycles. The standard InChI is InChI=1S/C27H20ClN3O4S/c1-32-19-6-3-16(4-7-19)27-29-18(15-36-27)14-34-23-9-20(33-2)10-24-21(23)11-25(35-24)22-13-31-12-17(28)5-8-26(31)30-22/h3-13,15H,14H2,1-2H3. The van der Waals surface area contributed by atoms with Gasteiger partial charge in [-0.25, -0.2) is 9.97 Å². The van der Waals surface area contributed by atoms with Gasteiger partial charge in [0.05, 0.1) is 30.3 Å². The van der Waals surface area contributed by atoms with E-state index in [2.05, 4.69) is 4.98 Å². The number of thiazole rings is 1. The van der Waals surface area contributed by atoms with Crippen LogP contribution in [0.5, 0.6) is 17.2 Å². The van der Waals surface area contributed by atoms with Crippen molar-refractivity contribution >= 4 is 39.6 Å². The van der Waals surface area contributed by atoms with Crippen molar-refractivity contribution in [3.63, 3.8) is 0 Å². The summed E-state index contributed by atoms with van der Waals surface area (Å²) >= 11 is 7.69. The number of aromatic nitrogens is 3. The molecule has 0 N–H and O–H groups in total. The van der Waals surface area contributed by atoms with Gasteiger partial charge < -0.3 is 23.0 Å². The quantitative estimate of drug-likeness (QED) is 0.224. The molecule has 4 aromatic heterocycles. The van der Waals surface area contributed by atoms with Crippen molar-refractivity contribution in [2.45, 2.75) is 6.61 Å². The molecular weight excluding hydrogens is 498 g/mol. The maximum atomic E-state index is 6.20. The topological polar surface area (TPSA) is 71.0 Å². The van der Waals surface area contributed by atoms with Crippen LogP contribution in [-0.4, -0.2) is 28.6 Å². The Labute approximate surface area is 215 Å². The van der Waals surface area contributed by atoms with Gasteiger partial charge in [-0.1, -0.05) is 11.6 Å². The van der Waals surface area contributed by atoms with Crippen molar-refractivity contribution < 1.29 is 18.6 Å². The number of methoxy groups -OCH3 is 2. The Bertz CT molecular complexity index is 1690. The third-order valence-corrected chi connectivity index (χ3v) is 6.90. The molecule has 2 aromatic carbocycles. The molecule has 0 radical (unpaired) electrons. The number of hydrogen-bond donors (Lipinski definition) is 0. The highest BCUT2D eigenvalue weighted by molar-refractivity contribution is 7.13. The molecule has 36 heavy (non-hydrogen) atoms. The first-order valence-corrected chi connectivity index (χ1v) is 12.3. The van der Waals surface area contributed by atoms with Gasteiger partial charge in [-0.3, -0.25) is 0 Å². The van der Waals surface area contributed by atoms with E-state index in [1.807, 2.05) is 76.8 Å². The first-order chi connectivity index (χ1) is 17.6. The molecule has 0 saturated heterocycles. The molecule has 0 atom stereocenters. The van der Waals surface area contributed by atoms with Crippen molar-refractivity contribution in [1.29, 1.82) is 0 Å². The summed E-state index contributed by atoms with van der Waals surface area (Å²) in [5.41, 5.74) is 3.99. The van der Waals surface area contributed by atoms with Gasteiger partial charge in [0.25, 0.3) is 0 Å². The van der Waals surface area contributed by atoms with Crippen molar-refractivity contribution in [3.05, 3.63) is 83.1 Å². The highest BCUT2D eigenvalue weighted by Crippen LogP contribution is 2.37. The van der Waals surface area contributed by atoms with Crippen LogP contribution in [0.1, 0.15) is 5.69 Å². The number of rotatable bonds is 7. The Morgan fingerprint density at radius 3 is 2.58 bits per heavy atom. The van der Waals surface area contributed by atoms with Crippen LogP contribution in [0.15, 0.2) is 76.8 Å². The number of pyridine rings is 1. The van der Waals surface area contributed by atoms with Gasteiger partial charge in [0, 0.05) is 35.5 Å². The SMILES string of the molecule is COc1ccc(-c2nc(COc3cc(OC)cc4oc(-c5cn6cc(Cl)ccc6n5)cc34)cs2)cc1. The number of imidazole rings is 1. The fraction of sp³-hybridized carbons (Fsp3) is 0.111. The third-order valence-electron chi connectivity index (χ3n) is 5.74. The summed E-state index contributed by atoms with van der Waals surface area (Å²) in [6, 6.07) is 17.1. The average Bonchev–Trinajstić information content (AvgIpc) is 3.64. The minimum Gasteiger partial charge on any atom is -0.497 e. The molecule has 0 unspecified atom stereocenters. The van der Waals surface area contributed by atoms with Crippen LogP contribution in [0.3, 0.4) is 0 Å². The molecular formula is C27H20ClN3O4S. The minimum absolute atomic E-state index is 0.308. The van der Waals surface area contributed by atoms with Gasteiger partial charge in [-0.2, -0.15) is 0 Å². The molecule has 6 rings (SSSR count). The average molecular weight is 518 g/mol. The van der Waals surface area contributed by atoms with E-state index >= 15 is 0 Å². The maximum absolute atomic E-state index is 6.20. The highest BCUT2D eigenvalue weighted by Gasteiger charge is 2.16. The third kappa shape index (κ3) is 4.25. The number of halogens is 1. The van der Waals surface area contributed by atoms with Gasteiger partial charge in [-0.15, -0.1) is 11.3 Å². The van der Waals surface area contributed by atoms with Crippen LogP contribution in [0.25, 0.3) is 38.6 Å². The Hall–Kier alpha value is -4.01. The van der Waals surface area contributed by atoms with Crippen molar-refractivity contribution in [1.82, 2.24) is 14.4 Å².